The van der Waals surface area contributed by atoms with Gasteiger partial charge in [0.1, 0.15) is 11.8 Å². The van der Waals surface area contributed by atoms with Gasteiger partial charge in [-0.3, -0.25) is 19.3 Å². The largest absolute Gasteiger partial charge is 0.380 e. The maximum absolute atomic E-state index is 13.4. The molecule has 2 saturated carbocycles. The van der Waals surface area contributed by atoms with Crippen molar-refractivity contribution in [2.45, 2.75) is 115 Å². The van der Waals surface area contributed by atoms with Crippen LogP contribution < -0.4 is 5.32 Å². The molecule has 1 aromatic carbocycles. The number of unbranched alkanes of at least 4 members (excludes halogenated alkanes) is 2. The number of nitrogens with one attached hydrogen (secondary N) is 1. The van der Waals surface area contributed by atoms with Crippen molar-refractivity contribution in [2.24, 2.45) is 11.3 Å². The summed E-state index contributed by atoms with van der Waals surface area (Å²) in [5.74, 6) is 0.248. The molecule has 8 nitrogen and oxygen atoms in total. The monoisotopic (exact) mass is 563 g/mol. The molecule has 1 N–H and O–H groups in total. The fourth-order valence-electron chi connectivity index (χ4n) is 7.95. The number of imide groups is 1. The number of ketones is 1. The number of piperidine rings is 1. The van der Waals surface area contributed by atoms with Crippen LogP contribution >= 0.6 is 0 Å². The maximum atomic E-state index is 13.4. The van der Waals surface area contributed by atoms with Gasteiger partial charge in [-0.15, -0.1) is 0 Å². The van der Waals surface area contributed by atoms with Crippen LogP contribution in [0, 0.1) is 11.3 Å². The first-order chi connectivity index (χ1) is 19.8. The van der Waals surface area contributed by atoms with Crippen molar-refractivity contribution in [2.75, 3.05) is 19.8 Å². The van der Waals surface area contributed by atoms with Crippen LogP contribution in [0.25, 0.3) is 0 Å². The minimum atomic E-state index is -0.591. The number of benzene rings is 1. The molecule has 5 aliphatic rings. The Bertz CT molecular complexity index is 1190. The Kier molecular flexibility index (Phi) is 8.32. The van der Waals surface area contributed by atoms with Gasteiger partial charge in [-0.25, -0.2) is 0 Å². The van der Waals surface area contributed by atoms with E-state index in [2.05, 4.69) is 17.4 Å². The van der Waals surface area contributed by atoms with Crippen molar-refractivity contribution >= 4 is 23.5 Å². The lowest BCUT2D eigenvalue weighted by molar-refractivity contribution is -0.169. The lowest BCUT2D eigenvalue weighted by atomic mass is 9.63. The topological polar surface area (TPSA) is 96.0 Å². The van der Waals surface area contributed by atoms with Crippen molar-refractivity contribution < 1.29 is 23.9 Å². The van der Waals surface area contributed by atoms with E-state index in [0.717, 1.165) is 38.0 Å². The van der Waals surface area contributed by atoms with E-state index >= 15 is 0 Å². The molecular weight excluding hydrogens is 518 g/mol. The number of carbonyl (C=O) groups excluding carboxylic acids is 4. The fraction of sp³-hybridized carbons (Fsp3) is 0.697. The number of hydrogen-bond acceptors (Lipinski definition) is 6. The Morgan fingerprint density at radius 1 is 1.05 bits per heavy atom. The molecule has 8 heteroatoms. The average molecular weight is 564 g/mol. The number of fused-ring (bicyclic) bond motifs is 1. The van der Waals surface area contributed by atoms with Crippen molar-refractivity contribution in [3.8, 4) is 0 Å². The second kappa shape index (κ2) is 12.0. The highest BCUT2D eigenvalue weighted by atomic mass is 16.5. The first kappa shape index (κ1) is 28.5. The number of Topliss-reactive ketones (excluding diaryl/α,β-unsaturated/α-hetero) is 1. The van der Waals surface area contributed by atoms with Crippen LogP contribution in [-0.4, -0.2) is 71.2 Å². The zero-order valence-electron chi connectivity index (χ0n) is 24.5. The van der Waals surface area contributed by atoms with Crippen LogP contribution in [0.15, 0.2) is 18.2 Å². The quantitative estimate of drug-likeness (QED) is 0.321. The molecule has 1 aromatic rings. The predicted octanol–water partition coefficient (Wildman–Crippen LogP) is 4.18. The van der Waals surface area contributed by atoms with Crippen LogP contribution in [0.5, 0.6) is 0 Å². The van der Waals surface area contributed by atoms with Gasteiger partial charge in [0.2, 0.25) is 5.91 Å². The van der Waals surface area contributed by atoms with Gasteiger partial charge in [-0.2, -0.15) is 0 Å². The van der Waals surface area contributed by atoms with Gasteiger partial charge in [-0.1, -0.05) is 31.4 Å². The van der Waals surface area contributed by atoms with E-state index in [4.69, 9.17) is 4.74 Å². The third-order valence-corrected chi connectivity index (χ3v) is 10.3. The summed E-state index contributed by atoms with van der Waals surface area (Å²) in [5, 5.41) is 3.99. The molecule has 3 heterocycles. The van der Waals surface area contributed by atoms with E-state index in [-0.39, 0.29) is 29.9 Å². The molecule has 1 spiro atoms. The summed E-state index contributed by atoms with van der Waals surface area (Å²) < 4.78 is 5.45. The number of rotatable bonds is 11. The standard InChI is InChI=1S/C33H45N3O5/c1-22(37)7-3-2-6-14-35-30(38)13-12-29(32(35)40)36-19-25-16-23(10-11-27(25)31(36)39)15-24-8-4-5-9-28(24)34-26-17-33(18-26)20-41-21-33/h10-11,16,24,26,28-29,34H,2-9,12-15,17-21H2,1H3/t24-,28+,29?/m1/s1. The Hall–Kier alpha value is -2.58. The van der Waals surface area contributed by atoms with Gasteiger partial charge in [-0.05, 0) is 81.4 Å². The van der Waals surface area contributed by atoms with Gasteiger partial charge in [0.15, 0.2) is 0 Å². The second-order valence-corrected chi connectivity index (χ2v) is 13.5. The number of hydrogen-bond donors (Lipinski definition) is 1. The first-order valence-corrected chi connectivity index (χ1v) is 15.9. The summed E-state index contributed by atoms with van der Waals surface area (Å²) in [6, 6.07) is 6.83. The van der Waals surface area contributed by atoms with Crippen LogP contribution in [0.4, 0.5) is 0 Å². The molecule has 222 valence electrons. The molecule has 2 saturated heterocycles. The molecular formula is C33H45N3O5. The maximum Gasteiger partial charge on any atom is 0.255 e. The molecule has 0 bridgehead atoms. The number of likely N-dealkylation sites (tertiary alicyclic amines) is 1. The fourth-order valence-corrected chi connectivity index (χ4v) is 7.95. The minimum absolute atomic E-state index is 0.100. The molecule has 1 unspecified atom stereocenters. The first-order valence-electron chi connectivity index (χ1n) is 15.9. The molecule has 6 rings (SSSR count). The Morgan fingerprint density at radius 2 is 1.85 bits per heavy atom. The average Bonchev–Trinajstić information content (AvgIpc) is 3.22. The van der Waals surface area contributed by atoms with Gasteiger partial charge in [0.25, 0.3) is 11.8 Å². The van der Waals surface area contributed by atoms with Gasteiger partial charge in [0.05, 0.1) is 13.2 Å². The van der Waals surface area contributed by atoms with Crippen LogP contribution in [0.1, 0.15) is 105 Å². The minimum Gasteiger partial charge on any atom is -0.380 e. The molecule has 3 aliphatic heterocycles. The zero-order chi connectivity index (χ0) is 28.6. The van der Waals surface area contributed by atoms with Crippen molar-refractivity contribution in [3.05, 3.63) is 34.9 Å². The summed E-state index contributed by atoms with van der Waals surface area (Å²) in [6.07, 6.45) is 12.0. The number of carbonyl (C=O) groups is 4. The SMILES string of the molecule is CC(=O)CCCCCN1C(=O)CCC(N2Cc3cc(C[C@H]4CCCC[C@@H]4NC4CC5(COC5)C4)ccc3C2=O)C1=O. The van der Waals surface area contributed by atoms with Crippen molar-refractivity contribution in [1.82, 2.24) is 15.1 Å². The lowest BCUT2D eigenvalue weighted by Gasteiger charge is -2.54. The molecule has 2 aliphatic carbocycles. The summed E-state index contributed by atoms with van der Waals surface area (Å²) >= 11 is 0. The number of nitrogens with zero attached hydrogens (tertiary/aromatic N) is 2. The predicted molar refractivity (Wildman–Crippen MR) is 154 cm³/mol. The van der Waals surface area contributed by atoms with E-state index in [1.165, 1.54) is 49.0 Å². The number of amides is 3. The van der Waals surface area contributed by atoms with Crippen LogP contribution in [0.3, 0.4) is 0 Å². The molecule has 41 heavy (non-hydrogen) atoms. The highest BCUT2D eigenvalue weighted by molar-refractivity contribution is 6.05. The zero-order valence-corrected chi connectivity index (χ0v) is 24.5. The molecule has 0 aromatic heterocycles. The third kappa shape index (κ3) is 6.00. The molecule has 4 fully saturated rings. The number of ether oxygens (including phenoxy) is 1. The summed E-state index contributed by atoms with van der Waals surface area (Å²) in [7, 11) is 0. The second-order valence-electron chi connectivity index (χ2n) is 13.5. The summed E-state index contributed by atoms with van der Waals surface area (Å²) in [6.45, 7) is 4.24. The van der Waals surface area contributed by atoms with Gasteiger partial charge < -0.3 is 19.7 Å². The van der Waals surface area contributed by atoms with E-state index in [1.807, 2.05) is 6.07 Å². The van der Waals surface area contributed by atoms with Gasteiger partial charge >= 0.3 is 0 Å². The Balaban J connectivity index is 1.06. The van der Waals surface area contributed by atoms with E-state index < -0.39 is 6.04 Å². The van der Waals surface area contributed by atoms with Crippen molar-refractivity contribution in [1.29, 1.82) is 0 Å². The summed E-state index contributed by atoms with van der Waals surface area (Å²) in [5.41, 5.74) is 3.43. The summed E-state index contributed by atoms with van der Waals surface area (Å²) in [4.78, 5) is 53.6. The Morgan fingerprint density at radius 3 is 2.61 bits per heavy atom. The van der Waals surface area contributed by atoms with Crippen LogP contribution in [-0.2, 0) is 32.1 Å². The molecule has 0 radical (unpaired) electrons. The molecule has 3 atom stereocenters. The van der Waals surface area contributed by atoms with E-state index in [1.54, 1.807) is 11.8 Å². The highest BCUT2D eigenvalue weighted by Gasteiger charge is 2.50. The van der Waals surface area contributed by atoms with Gasteiger partial charge in [0, 0.05) is 49.0 Å². The lowest BCUT2D eigenvalue weighted by Crippen LogP contribution is -2.61. The van der Waals surface area contributed by atoms with E-state index in [0.29, 0.717) is 61.3 Å². The molecule has 3 amide bonds. The normalized spacial score (nSPS) is 27.6. The highest BCUT2D eigenvalue weighted by Crippen LogP contribution is 2.47. The van der Waals surface area contributed by atoms with E-state index in [9.17, 15) is 19.2 Å². The third-order valence-electron chi connectivity index (χ3n) is 10.3. The van der Waals surface area contributed by atoms with Crippen LogP contribution in [0.2, 0.25) is 0 Å². The smallest absolute Gasteiger partial charge is 0.255 e. The van der Waals surface area contributed by atoms with Crippen molar-refractivity contribution in [3.63, 3.8) is 0 Å². The Labute approximate surface area is 243 Å².